The van der Waals surface area contributed by atoms with E-state index in [1.807, 2.05) is 11.9 Å². The molecule has 1 amide bonds. The largest absolute Gasteiger partial charge is 0.341 e. The summed E-state index contributed by atoms with van der Waals surface area (Å²) in [7, 11) is 2.02. The Labute approximate surface area is 152 Å². The number of hydrogen-bond donors (Lipinski definition) is 1. The van der Waals surface area contributed by atoms with Crippen molar-refractivity contribution in [3.63, 3.8) is 0 Å². The van der Waals surface area contributed by atoms with Gasteiger partial charge in [-0.05, 0) is 63.2 Å². The maximum Gasteiger partial charge on any atom is 0.222 e. The molecule has 1 atom stereocenters. The van der Waals surface area contributed by atoms with Gasteiger partial charge in [0.15, 0.2) is 0 Å². The van der Waals surface area contributed by atoms with Gasteiger partial charge in [0.25, 0.3) is 0 Å². The second-order valence-electron chi connectivity index (χ2n) is 7.75. The van der Waals surface area contributed by atoms with Crippen molar-refractivity contribution in [2.24, 2.45) is 5.92 Å². The molecular weight excluding hydrogens is 310 g/mol. The molecule has 1 aromatic rings. The van der Waals surface area contributed by atoms with Crippen LogP contribution in [0.4, 0.5) is 0 Å². The second kappa shape index (κ2) is 9.35. The van der Waals surface area contributed by atoms with Crippen LogP contribution in [0.5, 0.6) is 0 Å². The molecule has 0 radical (unpaired) electrons. The van der Waals surface area contributed by atoms with E-state index in [4.69, 9.17) is 0 Å². The van der Waals surface area contributed by atoms with Gasteiger partial charge in [-0.1, -0.05) is 30.3 Å². The topological polar surface area (TPSA) is 35.6 Å². The van der Waals surface area contributed by atoms with E-state index in [1.54, 1.807) is 0 Å². The summed E-state index contributed by atoms with van der Waals surface area (Å²) in [5, 5.41) is 3.40. The van der Waals surface area contributed by atoms with Gasteiger partial charge in [-0.25, -0.2) is 0 Å². The molecule has 0 spiro atoms. The van der Waals surface area contributed by atoms with E-state index in [-0.39, 0.29) is 0 Å². The highest BCUT2D eigenvalue weighted by Crippen LogP contribution is 2.21. The van der Waals surface area contributed by atoms with E-state index in [2.05, 4.69) is 40.5 Å². The predicted molar refractivity (Wildman–Crippen MR) is 102 cm³/mol. The summed E-state index contributed by atoms with van der Waals surface area (Å²) in [4.78, 5) is 17.2. The molecule has 0 bridgehead atoms. The van der Waals surface area contributed by atoms with Crippen LogP contribution in [0.3, 0.4) is 0 Å². The number of likely N-dealkylation sites (N-methyl/N-ethyl adjacent to an activating group) is 1. The van der Waals surface area contributed by atoms with Crippen molar-refractivity contribution in [2.45, 2.75) is 51.1 Å². The second-order valence-corrected chi connectivity index (χ2v) is 7.75. The Bertz CT molecular complexity index is 527. The average molecular weight is 344 g/mol. The van der Waals surface area contributed by atoms with Crippen LogP contribution in [0.15, 0.2) is 30.3 Å². The maximum atomic E-state index is 12.6. The Balaban J connectivity index is 1.45. The third kappa shape index (κ3) is 5.55. The summed E-state index contributed by atoms with van der Waals surface area (Å²) in [6.45, 7) is 5.37. The minimum atomic E-state index is 0.338. The molecule has 0 aromatic heterocycles. The number of nitrogens with zero attached hydrogens (tertiary/aromatic N) is 2. The molecule has 0 aliphatic carbocycles. The molecule has 2 heterocycles. The van der Waals surface area contributed by atoms with Gasteiger partial charge in [0.2, 0.25) is 5.91 Å². The fraction of sp³-hybridized carbons (Fsp3) is 0.667. The normalized spacial score (nSPS) is 22.7. The lowest BCUT2D eigenvalue weighted by Crippen LogP contribution is -2.48. The number of amides is 1. The number of hydrogen-bond acceptors (Lipinski definition) is 3. The Morgan fingerprint density at radius 3 is 2.72 bits per heavy atom. The van der Waals surface area contributed by atoms with Gasteiger partial charge in [0, 0.05) is 32.6 Å². The fourth-order valence-corrected chi connectivity index (χ4v) is 4.21. The lowest BCUT2D eigenvalue weighted by Gasteiger charge is -2.38. The van der Waals surface area contributed by atoms with Crippen LogP contribution in [0.25, 0.3) is 0 Å². The van der Waals surface area contributed by atoms with E-state index >= 15 is 0 Å². The molecule has 2 aliphatic heterocycles. The van der Waals surface area contributed by atoms with Crippen LogP contribution in [0.2, 0.25) is 0 Å². The van der Waals surface area contributed by atoms with Crippen LogP contribution < -0.4 is 5.32 Å². The van der Waals surface area contributed by atoms with Crippen LogP contribution >= 0.6 is 0 Å². The molecule has 0 saturated carbocycles. The zero-order valence-corrected chi connectivity index (χ0v) is 15.6. The molecule has 1 unspecified atom stereocenters. The third-order valence-electron chi connectivity index (χ3n) is 5.90. The highest BCUT2D eigenvalue weighted by atomic mass is 16.2. The molecule has 4 nitrogen and oxygen atoms in total. The summed E-state index contributed by atoms with van der Waals surface area (Å²) in [5.74, 6) is 1.07. The van der Waals surface area contributed by atoms with Crippen molar-refractivity contribution in [3.8, 4) is 0 Å². The summed E-state index contributed by atoms with van der Waals surface area (Å²) in [6, 6.07) is 11.0. The molecule has 4 heteroatoms. The summed E-state index contributed by atoms with van der Waals surface area (Å²) in [6.07, 6.45) is 6.56. The van der Waals surface area contributed by atoms with Crippen LogP contribution in [-0.2, 0) is 11.3 Å². The molecule has 2 saturated heterocycles. The monoisotopic (exact) mass is 343 g/mol. The number of rotatable bonds is 6. The molecule has 3 rings (SSSR count). The lowest BCUT2D eigenvalue weighted by molar-refractivity contribution is -0.133. The minimum Gasteiger partial charge on any atom is -0.341 e. The van der Waals surface area contributed by atoms with Crippen molar-refractivity contribution < 1.29 is 4.79 Å². The van der Waals surface area contributed by atoms with E-state index in [1.165, 1.54) is 24.8 Å². The maximum absolute atomic E-state index is 12.6. The summed E-state index contributed by atoms with van der Waals surface area (Å²) in [5.41, 5.74) is 1.36. The average Bonchev–Trinajstić information content (AvgIpc) is 2.67. The van der Waals surface area contributed by atoms with Crippen LogP contribution in [0, 0.1) is 5.92 Å². The van der Waals surface area contributed by atoms with E-state index < -0.39 is 0 Å². The Kier molecular flexibility index (Phi) is 6.88. The van der Waals surface area contributed by atoms with Gasteiger partial charge >= 0.3 is 0 Å². The number of carbonyl (C=O) groups excluding carboxylic acids is 1. The molecule has 138 valence electrons. The highest BCUT2D eigenvalue weighted by Gasteiger charge is 2.26. The molecule has 1 N–H and O–H groups in total. The standard InChI is InChI=1S/C21H33N3O/c1-23(21(25)10-9-18-11-13-22-14-12-18)20-8-5-15-24(17-20)16-19-6-3-2-4-7-19/h2-4,6-7,18,20,22H,5,8-17H2,1H3. The van der Waals surface area contributed by atoms with E-state index in [9.17, 15) is 4.79 Å². The summed E-state index contributed by atoms with van der Waals surface area (Å²) < 4.78 is 0. The van der Waals surface area contributed by atoms with Crippen molar-refractivity contribution in [2.75, 3.05) is 33.2 Å². The number of benzene rings is 1. The quantitative estimate of drug-likeness (QED) is 0.863. The number of carbonyl (C=O) groups is 1. The van der Waals surface area contributed by atoms with Crippen molar-refractivity contribution >= 4 is 5.91 Å². The first-order valence-electron chi connectivity index (χ1n) is 9.95. The molecule has 2 aliphatic rings. The number of likely N-dealkylation sites (tertiary alicyclic amines) is 1. The predicted octanol–water partition coefficient (Wildman–Crippen LogP) is 2.89. The number of piperidine rings is 2. The highest BCUT2D eigenvalue weighted by molar-refractivity contribution is 5.76. The number of nitrogens with one attached hydrogen (secondary N) is 1. The van der Waals surface area contributed by atoms with Crippen molar-refractivity contribution in [1.29, 1.82) is 0 Å². The molecular formula is C21H33N3O. The fourth-order valence-electron chi connectivity index (χ4n) is 4.21. The molecule has 2 fully saturated rings. The van der Waals surface area contributed by atoms with Gasteiger partial charge in [0.1, 0.15) is 0 Å². The first kappa shape index (κ1) is 18.4. The van der Waals surface area contributed by atoms with Gasteiger partial charge in [-0.3, -0.25) is 9.69 Å². The Morgan fingerprint density at radius 2 is 1.96 bits per heavy atom. The van der Waals surface area contributed by atoms with E-state index in [0.29, 0.717) is 11.9 Å². The van der Waals surface area contributed by atoms with Crippen LogP contribution in [0.1, 0.15) is 44.1 Å². The van der Waals surface area contributed by atoms with Crippen molar-refractivity contribution in [3.05, 3.63) is 35.9 Å². The molecule has 25 heavy (non-hydrogen) atoms. The first-order valence-corrected chi connectivity index (χ1v) is 9.95. The third-order valence-corrected chi connectivity index (χ3v) is 5.90. The molecule has 1 aromatic carbocycles. The Hall–Kier alpha value is -1.39. The lowest BCUT2D eigenvalue weighted by atomic mass is 9.93. The van der Waals surface area contributed by atoms with Gasteiger partial charge < -0.3 is 10.2 Å². The van der Waals surface area contributed by atoms with Gasteiger partial charge in [0.05, 0.1) is 0 Å². The SMILES string of the molecule is CN(C(=O)CCC1CCNCC1)C1CCCN(Cc2ccccc2)C1. The summed E-state index contributed by atoms with van der Waals surface area (Å²) >= 11 is 0. The van der Waals surface area contributed by atoms with E-state index in [0.717, 1.165) is 57.9 Å². The van der Waals surface area contributed by atoms with Crippen LogP contribution in [-0.4, -0.2) is 55.0 Å². The van der Waals surface area contributed by atoms with Gasteiger partial charge in [-0.2, -0.15) is 0 Å². The first-order chi connectivity index (χ1) is 12.2. The minimum absolute atomic E-state index is 0.338. The Morgan fingerprint density at radius 1 is 1.20 bits per heavy atom. The van der Waals surface area contributed by atoms with Gasteiger partial charge in [-0.15, -0.1) is 0 Å². The zero-order valence-electron chi connectivity index (χ0n) is 15.6. The van der Waals surface area contributed by atoms with Crippen molar-refractivity contribution in [1.82, 2.24) is 15.1 Å². The smallest absolute Gasteiger partial charge is 0.222 e. The zero-order chi connectivity index (χ0) is 17.5.